The minimum atomic E-state index is 0.0604. The second-order valence-corrected chi connectivity index (χ2v) is 4.91. The Kier molecular flexibility index (Phi) is 3.52. The molecule has 0 spiro atoms. The molecule has 1 aromatic rings. The van der Waals surface area contributed by atoms with E-state index >= 15 is 0 Å². The predicted molar refractivity (Wildman–Crippen MR) is 65.4 cm³/mol. The molecule has 1 amide bonds. The van der Waals surface area contributed by atoms with Crippen molar-refractivity contribution in [3.8, 4) is 0 Å². The van der Waals surface area contributed by atoms with E-state index in [1.165, 1.54) is 6.42 Å². The molecule has 0 bridgehead atoms. The zero-order valence-electron chi connectivity index (χ0n) is 10.5. The summed E-state index contributed by atoms with van der Waals surface area (Å²) in [5.74, 6) is 3.31. The molecule has 2 rings (SSSR count). The summed E-state index contributed by atoms with van der Waals surface area (Å²) in [6.07, 6.45) is 1.61. The van der Waals surface area contributed by atoms with Crippen LogP contribution in [-0.2, 0) is 11.3 Å². The molecule has 94 valence electrons. The highest BCUT2D eigenvalue weighted by Crippen LogP contribution is 2.47. The number of nitrogens with two attached hydrogens (primary N) is 1. The van der Waals surface area contributed by atoms with Gasteiger partial charge in [0.25, 0.3) is 0 Å². The maximum absolute atomic E-state index is 11.6. The smallest absolute Gasteiger partial charge is 0.223 e. The molecule has 4 heteroatoms. The monoisotopic (exact) mass is 236 g/mol. The van der Waals surface area contributed by atoms with Crippen LogP contribution in [0.1, 0.15) is 37.2 Å². The van der Waals surface area contributed by atoms with Gasteiger partial charge in [-0.2, -0.15) is 0 Å². The van der Waals surface area contributed by atoms with Crippen LogP contribution >= 0.6 is 0 Å². The van der Waals surface area contributed by atoms with E-state index in [4.69, 9.17) is 10.2 Å². The highest BCUT2D eigenvalue weighted by molar-refractivity contribution is 5.75. The lowest BCUT2D eigenvalue weighted by Crippen LogP contribution is -2.27. The quantitative estimate of drug-likeness (QED) is 0.846. The van der Waals surface area contributed by atoms with Gasteiger partial charge in [-0.25, -0.2) is 0 Å². The molecule has 1 aromatic heterocycles. The van der Waals surface area contributed by atoms with Gasteiger partial charge in [-0.1, -0.05) is 6.92 Å². The highest BCUT2D eigenvalue weighted by atomic mass is 16.3. The largest absolute Gasteiger partial charge is 0.464 e. The van der Waals surface area contributed by atoms with Gasteiger partial charge < -0.3 is 15.1 Å². The summed E-state index contributed by atoms with van der Waals surface area (Å²) in [6, 6.07) is 4.00. The predicted octanol–water partition coefficient (Wildman–Crippen LogP) is 1.71. The molecule has 1 heterocycles. The first-order chi connectivity index (χ1) is 8.11. The standard InChI is InChI=1S/C13H20N2O2/c1-9-7-11(9)12-4-3-10(17-12)8-15(2)13(16)5-6-14/h3-4,9,11H,5-8,14H2,1-2H3. The van der Waals surface area contributed by atoms with Crippen LogP contribution in [0.5, 0.6) is 0 Å². The fourth-order valence-electron chi connectivity index (χ4n) is 2.03. The lowest BCUT2D eigenvalue weighted by Gasteiger charge is -2.14. The van der Waals surface area contributed by atoms with Crippen molar-refractivity contribution in [2.24, 2.45) is 11.7 Å². The molecule has 1 saturated carbocycles. The van der Waals surface area contributed by atoms with E-state index in [1.807, 2.05) is 12.1 Å². The first-order valence-electron chi connectivity index (χ1n) is 6.14. The molecular weight excluding hydrogens is 216 g/mol. The van der Waals surface area contributed by atoms with E-state index < -0.39 is 0 Å². The van der Waals surface area contributed by atoms with Gasteiger partial charge in [0.15, 0.2) is 0 Å². The topological polar surface area (TPSA) is 59.5 Å². The Bertz CT molecular complexity index is 400. The van der Waals surface area contributed by atoms with E-state index in [1.54, 1.807) is 11.9 Å². The summed E-state index contributed by atoms with van der Waals surface area (Å²) < 4.78 is 5.75. The van der Waals surface area contributed by atoms with Gasteiger partial charge in [0.2, 0.25) is 5.91 Å². The molecule has 0 saturated heterocycles. The maximum atomic E-state index is 11.6. The first-order valence-corrected chi connectivity index (χ1v) is 6.14. The number of amides is 1. The average Bonchev–Trinajstić information content (AvgIpc) is 2.84. The molecule has 1 aliphatic carbocycles. The molecule has 2 unspecified atom stereocenters. The second-order valence-electron chi connectivity index (χ2n) is 4.91. The number of hydrogen-bond donors (Lipinski definition) is 1. The first kappa shape index (κ1) is 12.2. The normalized spacial score (nSPS) is 22.5. The van der Waals surface area contributed by atoms with Crippen LogP contribution in [-0.4, -0.2) is 24.4 Å². The van der Waals surface area contributed by atoms with Crippen LogP contribution in [0.3, 0.4) is 0 Å². The van der Waals surface area contributed by atoms with E-state index in [0.29, 0.717) is 25.4 Å². The molecule has 17 heavy (non-hydrogen) atoms. The molecule has 0 aliphatic heterocycles. The summed E-state index contributed by atoms with van der Waals surface area (Å²) in [4.78, 5) is 13.2. The van der Waals surface area contributed by atoms with Gasteiger partial charge in [-0.3, -0.25) is 4.79 Å². The molecule has 0 radical (unpaired) electrons. The molecule has 2 N–H and O–H groups in total. The average molecular weight is 236 g/mol. The third kappa shape index (κ3) is 2.88. The Hall–Kier alpha value is -1.29. The highest BCUT2D eigenvalue weighted by Gasteiger charge is 2.36. The molecule has 4 nitrogen and oxygen atoms in total. The minimum absolute atomic E-state index is 0.0604. The van der Waals surface area contributed by atoms with Crippen LogP contribution < -0.4 is 5.73 Å². The summed E-state index contributed by atoms with van der Waals surface area (Å²) >= 11 is 0. The van der Waals surface area contributed by atoms with E-state index in [2.05, 4.69) is 6.92 Å². The minimum Gasteiger partial charge on any atom is -0.464 e. The number of furan rings is 1. The zero-order chi connectivity index (χ0) is 12.4. The van der Waals surface area contributed by atoms with Gasteiger partial charge in [0, 0.05) is 25.9 Å². The summed E-state index contributed by atoms with van der Waals surface area (Å²) in [6.45, 7) is 3.15. The Morgan fingerprint density at radius 3 is 2.88 bits per heavy atom. The number of nitrogens with zero attached hydrogens (tertiary/aromatic N) is 1. The zero-order valence-corrected chi connectivity index (χ0v) is 10.5. The van der Waals surface area contributed by atoms with Gasteiger partial charge >= 0.3 is 0 Å². The van der Waals surface area contributed by atoms with Crippen LogP contribution in [0.25, 0.3) is 0 Å². The van der Waals surface area contributed by atoms with Crippen molar-refractivity contribution in [3.63, 3.8) is 0 Å². The van der Waals surface area contributed by atoms with Crippen molar-refractivity contribution in [1.82, 2.24) is 4.90 Å². The molecule has 1 aliphatic rings. The van der Waals surface area contributed by atoms with Gasteiger partial charge in [-0.15, -0.1) is 0 Å². The summed E-state index contributed by atoms with van der Waals surface area (Å²) in [5.41, 5.74) is 5.36. The number of hydrogen-bond acceptors (Lipinski definition) is 3. The van der Waals surface area contributed by atoms with Crippen molar-refractivity contribution in [3.05, 3.63) is 23.7 Å². The summed E-state index contributed by atoms with van der Waals surface area (Å²) in [5, 5.41) is 0. The number of carbonyl (C=O) groups is 1. The van der Waals surface area contributed by atoms with Crippen molar-refractivity contribution >= 4 is 5.91 Å². The van der Waals surface area contributed by atoms with Crippen LogP contribution in [0.4, 0.5) is 0 Å². The van der Waals surface area contributed by atoms with Gasteiger partial charge in [0.1, 0.15) is 11.5 Å². The number of rotatable bonds is 5. The molecule has 0 aromatic carbocycles. The van der Waals surface area contributed by atoms with Crippen molar-refractivity contribution in [2.45, 2.75) is 32.2 Å². The maximum Gasteiger partial charge on any atom is 0.223 e. The third-order valence-electron chi connectivity index (χ3n) is 3.33. The molecular formula is C13H20N2O2. The lowest BCUT2D eigenvalue weighted by atomic mass is 10.3. The Morgan fingerprint density at radius 2 is 2.29 bits per heavy atom. The molecule has 1 fully saturated rings. The fourth-order valence-corrected chi connectivity index (χ4v) is 2.03. The van der Waals surface area contributed by atoms with Crippen molar-refractivity contribution in [1.29, 1.82) is 0 Å². The SMILES string of the molecule is CC1CC1c1ccc(CN(C)C(=O)CCN)o1. The summed E-state index contributed by atoms with van der Waals surface area (Å²) in [7, 11) is 1.78. The van der Waals surface area contributed by atoms with Gasteiger partial charge in [0.05, 0.1) is 6.54 Å². The van der Waals surface area contributed by atoms with Crippen LogP contribution in [0, 0.1) is 5.92 Å². The fraction of sp³-hybridized carbons (Fsp3) is 0.615. The van der Waals surface area contributed by atoms with Crippen LogP contribution in [0.2, 0.25) is 0 Å². The number of carbonyl (C=O) groups excluding carboxylic acids is 1. The Labute approximate surface area is 102 Å². The van der Waals surface area contributed by atoms with Gasteiger partial charge in [-0.05, 0) is 24.5 Å². The van der Waals surface area contributed by atoms with Crippen molar-refractivity contribution in [2.75, 3.05) is 13.6 Å². The lowest BCUT2D eigenvalue weighted by molar-refractivity contribution is -0.130. The van der Waals surface area contributed by atoms with Crippen molar-refractivity contribution < 1.29 is 9.21 Å². The van der Waals surface area contributed by atoms with Crippen LogP contribution in [0.15, 0.2) is 16.5 Å². The Morgan fingerprint density at radius 1 is 1.59 bits per heavy atom. The Balaban J connectivity index is 1.90. The third-order valence-corrected chi connectivity index (χ3v) is 3.33. The van der Waals surface area contributed by atoms with E-state index in [-0.39, 0.29) is 5.91 Å². The van der Waals surface area contributed by atoms with E-state index in [9.17, 15) is 4.79 Å². The molecule has 2 atom stereocenters. The van der Waals surface area contributed by atoms with E-state index in [0.717, 1.165) is 17.4 Å². The second kappa shape index (κ2) is 4.92.